The molecule has 3 aromatic heterocycles. The van der Waals surface area contributed by atoms with Crippen LogP contribution in [0.3, 0.4) is 0 Å². The van der Waals surface area contributed by atoms with Crippen LogP contribution in [0, 0.1) is 0 Å². The van der Waals surface area contributed by atoms with Crippen molar-refractivity contribution < 1.29 is 0 Å². The molecule has 8 heteroatoms. The number of aryl methyl sites for hydroxylation is 1. The van der Waals surface area contributed by atoms with Crippen molar-refractivity contribution in [3.8, 4) is 5.00 Å². The van der Waals surface area contributed by atoms with E-state index in [-0.39, 0.29) is 17.8 Å². The molecule has 3 aromatic rings. The van der Waals surface area contributed by atoms with Crippen LogP contribution in [0.4, 0.5) is 0 Å². The molecular weight excluding hydrogens is 278 g/mol. The Labute approximate surface area is 117 Å². The molecule has 0 aliphatic heterocycles. The molecule has 0 saturated heterocycles. The molecular formula is C12H11N5O2S. The molecule has 0 aliphatic rings. The molecule has 3 rings (SSSR count). The maximum atomic E-state index is 12.1. The van der Waals surface area contributed by atoms with Crippen molar-refractivity contribution in [2.24, 2.45) is 7.05 Å². The highest BCUT2D eigenvalue weighted by atomic mass is 32.1. The predicted octanol–water partition coefficient (Wildman–Crippen LogP) is 0.238. The molecule has 102 valence electrons. The van der Waals surface area contributed by atoms with Crippen molar-refractivity contribution in [1.82, 2.24) is 24.4 Å². The smallest absolute Gasteiger partial charge is 0.319 e. The van der Waals surface area contributed by atoms with Crippen LogP contribution in [-0.4, -0.2) is 24.4 Å². The van der Waals surface area contributed by atoms with Gasteiger partial charge in [-0.2, -0.15) is 9.36 Å². The maximum Gasteiger partial charge on any atom is 0.369 e. The van der Waals surface area contributed by atoms with Crippen LogP contribution in [0.5, 0.6) is 0 Å². The Hall–Kier alpha value is -2.48. The van der Waals surface area contributed by atoms with Gasteiger partial charge in [0.15, 0.2) is 0 Å². The number of rotatable bonds is 3. The Bertz CT molecular complexity index is 843. The summed E-state index contributed by atoms with van der Waals surface area (Å²) in [6.45, 7) is 0.223. The molecule has 0 aromatic carbocycles. The summed E-state index contributed by atoms with van der Waals surface area (Å²) in [4.78, 5) is 23.7. The number of nitrogens with zero attached hydrogens (tertiary/aromatic N) is 5. The highest BCUT2D eigenvalue weighted by molar-refractivity contribution is 7.12. The molecule has 0 aliphatic carbocycles. The number of hydrogen-bond acceptors (Lipinski definition) is 5. The minimum Gasteiger partial charge on any atom is -0.319 e. The molecule has 0 unspecified atom stereocenters. The summed E-state index contributed by atoms with van der Waals surface area (Å²) < 4.78 is 3.94. The molecule has 0 N–H and O–H groups in total. The summed E-state index contributed by atoms with van der Waals surface area (Å²) in [5, 5.41) is 10.2. The Morgan fingerprint density at radius 3 is 2.80 bits per heavy atom. The third-order valence-electron chi connectivity index (χ3n) is 2.86. The average Bonchev–Trinajstić information content (AvgIpc) is 3.05. The van der Waals surface area contributed by atoms with E-state index in [0.717, 1.165) is 0 Å². The third-order valence-corrected chi connectivity index (χ3v) is 3.70. The van der Waals surface area contributed by atoms with Crippen molar-refractivity contribution in [2.75, 3.05) is 0 Å². The molecule has 0 spiro atoms. The molecule has 7 nitrogen and oxygen atoms in total. The Morgan fingerprint density at radius 2 is 2.10 bits per heavy atom. The van der Waals surface area contributed by atoms with Crippen LogP contribution in [0.2, 0.25) is 0 Å². The Morgan fingerprint density at radius 1 is 1.25 bits per heavy atom. The lowest BCUT2D eigenvalue weighted by atomic mass is 10.3. The van der Waals surface area contributed by atoms with Crippen LogP contribution in [0.25, 0.3) is 5.00 Å². The molecule has 0 radical (unpaired) electrons. The van der Waals surface area contributed by atoms with Gasteiger partial charge >= 0.3 is 5.69 Å². The average molecular weight is 289 g/mol. The van der Waals surface area contributed by atoms with Crippen LogP contribution in [0.15, 0.2) is 45.4 Å². The summed E-state index contributed by atoms with van der Waals surface area (Å²) in [7, 11) is 1.67. The zero-order valence-corrected chi connectivity index (χ0v) is 11.4. The van der Waals surface area contributed by atoms with Gasteiger partial charge in [0.05, 0.1) is 6.54 Å². The van der Waals surface area contributed by atoms with Crippen molar-refractivity contribution in [3.05, 3.63) is 62.2 Å². The second kappa shape index (κ2) is 4.89. The van der Waals surface area contributed by atoms with E-state index in [1.165, 1.54) is 31.3 Å². The third kappa shape index (κ3) is 2.21. The second-order valence-electron chi connectivity index (χ2n) is 4.27. The number of tetrazole rings is 1. The van der Waals surface area contributed by atoms with E-state index in [2.05, 4.69) is 10.4 Å². The molecule has 0 fully saturated rings. The zero-order chi connectivity index (χ0) is 14.1. The van der Waals surface area contributed by atoms with Gasteiger partial charge in [0.2, 0.25) is 0 Å². The van der Waals surface area contributed by atoms with Crippen LogP contribution in [-0.2, 0) is 13.6 Å². The lowest BCUT2D eigenvalue weighted by Gasteiger charge is -2.01. The van der Waals surface area contributed by atoms with Gasteiger partial charge in [-0.15, -0.1) is 11.3 Å². The molecule has 3 heterocycles. The minimum absolute atomic E-state index is 0.124. The normalized spacial score (nSPS) is 10.8. The highest BCUT2D eigenvalue weighted by Gasteiger charge is 2.10. The van der Waals surface area contributed by atoms with Gasteiger partial charge in [-0.05, 0) is 39.6 Å². The zero-order valence-electron chi connectivity index (χ0n) is 10.6. The highest BCUT2D eigenvalue weighted by Crippen LogP contribution is 2.10. The Kier molecular flexibility index (Phi) is 3.07. The standard InChI is InChI=1S/C12H11N5O2S/c1-15-5-4-9(7-10(15)18)8-16-12(19)17(14-13-16)11-3-2-6-20-11/h2-7H,8H2,1H3. The number of thiophene rings is 1. The first kappa shape index (κ1) is 12.5. The van der Waals surface area contributed by atoms with E-state index < -0.39 is 0 Å². The van der Waals surface area contributed by atoms with E-state index in [1.54, 1.807) is 25.4 Å². The fourth-order valence-electron chi connectivity index (χ4n) is 1.76. The van der Waals surface area contributed by atoms with Crippen molar-refractivity contribution in [2.45, 2.75) is 6.54 Å². The molecule has 0 bridgehead atoms. The van der Waals surface area contributed by atoms with Gasteiger partial charge in [0, 0.05) is 19.3 Å². The van der Waals surface area contributed by atoms with Gasteiger partial charge in [-0.1, -0.05) is 0 Å². The SMILES string of the molecule is Cn1ccc(Cn2nnn(-c3cccs3)c2=O)cc1=O. The van der Waals surface area contributed by atoms with Crippen LogP contribution in [0.1, 0.15) is 5.56 Å². The van der Waals surface area contributed by atoms with Gasteiger partial charge in [-0.25, -0.2) is 4.79 Å². The van der Waals surface area contributed by atoms with E-state index in [0.29, 0.717) is 10.6 Å². The maximum absolute atomic E-state index is 12.1. The van der Waals surface area contributed by atoms with Crippen LogP contribution >= 0.6 is 11.3 Å². The van der Waals surface area contributed by atoms with Crippen molar-refractivity contribution >= 4 is 11.3 Å². The van der Waals surface area contributed by atoms with E-state index in [9.17, 15) is 9.59 Å². The van der Waals surface area contributed by atoms with Gasteiger partial charge in [0.25, 0.3) is 5.56 Å². The van der Waals surface area contributed by atoms with Gasteiger partial charge in [-0.3, -0.25) is 4.79 Å². The molecule has 0 amide bonds. The number of hydrogen-bond donors (Lipinski definition) is 0. The van der Waals surface area contributed by atoms with Crippen molar-refractivity contribution in [1.29, 1.82) is 0 Å². The van der Waals surface area contributed by atoms with E-state index in [4.69, 9.17) is 0 Å². The second-order valence-corrected chi connectivity index (χ2v) is 5.19. The molecule has 20 heavy (non-hydrogen) atoms. The first-order valence-corrected chi connectivity index (χ1v) is 6.75. The molecule has 0 atom stereocenters. The monoisotopic (exact) mass is 289 g/mol. The number of pyridine rings is 1. The summed E-state index contributed by atoms with van der Waals surface area (Å²) in [6, 6.07) is 6.89. The molecule has 0 saturated carbocycles. The van der Waals surface area contributed by atoms with E-state index in [1.807, 2.05) is 11.4 Å². The summed E-state index contributed by atoms with van der Waals surface area (Å²) >= 11 is 1.41. The fourth-order valence-corrected chi connectivity index (χ4v) is 2.43. The fraction of sp³-hybridized carbons (Fsp3) is 0.167. The van der Waals surface area contributed by atoms with E-state index >= 15 is 0 Å². The lowest BCUT2D eigenvalue weighted by Crippen LogP contribution is -2.25. The van der Waals surface area contributed by atoms with Crippen molar-refractivity contribution in [3.63, 3.8) is 0 Å². The van der Waals surface area contributed by atoms with Gasteiger partial charge in [0.1, 0.15) is 5.00 Å². The van der Waals surface area contributed by atoms with Gasteiger partial charge < -0.3 is 4.57 Å². The van der Waals surface area contributed by atoms with Crippen LogP contribution < -0.4 is 11.2 Å². The first-order chi connectivity index (χ1) is 9.65. The quantitative estimate of drug-likeness (QED) is 0.692. The summed E-state index contributed by atoms with van der Waals surface area (Å²) in [6.07, 6.45) is 1.66. The summed E-state index contributed by atoms with van der Waals surface area (Å²) in [5.74, 6) is 0. The summed E-state index contributed by atoms with van der Waals surface area (Å²) in [5.41, 5.74) is 0.266. The lowest BCUT2D eigenvalue weighted by molar-refractivity contribution is 0.629. The Balaban J connectivity index is 1.94. The number of aromatic nitrogens is 5. The largest absolute Gasteiger partial charge is 0.369 e. The predicted molar refractivity (Wildman–Crippen MR) is 74.3 cm³/mol. The topological polar surface area (TPSA) is 74.7 Å². The first-order valence-electron chi connectivity index (χ1n) is 5.87. The minimum atomic E-state index is -0.326.